The van der Waals surface area contributed by atoms with Crippen LogP contribution >= 0.6 is 0 Å². The van der Waals surface area contributed by atoms with E-state index in [9.17, 15) is 24.0 Å². The quantitative estimate of drug-likeness (QED) is 0.526. The number of esters is 2. The Balaban J connectivity index is 1.76. The Bertz CT molecular complexity index is 1040. The molecule has 4 rings (SSSR count). The summed E-state index contributed by atoms with van der Waals surface area (Å²) in [4.78, 5) is 64.2. The molecule has 3 saturated carbocycles. The van der Waals surface area contributed by atoms with Gasteiger partial charge in [-0.2, -0.15) is 0 Å². The first-order valence-electron chi connectivity index (χ1n) is 12.8. The van der Waals surface area contributed by atoms with Crippen molar-refractivity contribution in [3.63, 3.8) is 0 Å². The highest BCUT2D eigenvalue weighted by atomic mass is 16.6. The van der Waals surface area contributed by atoms with Crippen LogP contribution in [0.15, 0.2) is 23.8 Å². The second kappa shape index (κ2) is 8.82. The second-order valence-corrected chi connectivity index (χ2v) is 11.2. The number of rotatable bonds is 6. The SMILES string of the molecule is CCC(=O)OCC(=O)[C@@]1(OC(=O)CC)[C@H](C)C[C@H]2[C@@H]3CCC4=CC(=O)C=C[C@]4(C)[C@H]3C(=O)C[C@@]21C. The zero-order valence-corrected chi connectivity index (χ0v) is 21.3. The van der Waals surface area contributed by atoms with Gasteiger partial charge in [0.1, 0.15) is 5.78 Å². The lowest BCUT2D eigenvalue weighted by atomic mass is 9.46. The Kier molecular flexibility index (Phi) is 6.43. The van der Waals surface area contributed by atoms with Crippen molar-refractivity contribution in [1.82, 2.24) is 0 Å². The zero-order chi connectivity index (χ0) is 25.8. The number of Topliss-reactive ketones (excluding diaryl/α,β-unsaturated/α-hetero) is 2. The van der Waals surface area contributed by atoms with Crippen molar-refractivity contribution in [3.8, 4) is 0 Å². The molecule has 190 valence electrons. The fourth-order valence-corrected chi connectivity index (χ4v) is 7.82. The molecule has 7 heteroatoms. The molecule has 0 aliphatic heterocycles. The minimum atomic E-state index is -1.53. The van der Waals surface area contributed by atoms with E-state index in [1.807, 2.05) is 26.8 Å². The normalized spacial score (nSPS) is 39.7. The Labute approximate surface area is 206 Å². The molecule has 0 aromatic heterocycles. The molecule has 0 N–H and O–H groups in total. The third kappa shape index (κ3) is 3.64. The number of ether oxygens (including phenoxy) is 2. The van der Waals surface area contributed by atoms with Gasteiger partial charge in [0.2, 0.25) is 5.78 Å². The Morgan fingerprint density at radius 3 is 2.43 bits per heavy atom. The molecular formula is C28H36O7. The first-order chi connectivity index (χ1) is 16.4. The third-order valence-electron chi connectivity index (χ3n) is 9.43. The van der Waals surface area contributed by atoms with Crippen LogP contribution < -0.4 is 0 Å². The summed E-state index contributed by atoms with van der Waals surface area (Å²) in [7, 11) is 0. The number of ketones is 3. The standard InChI is InChI=1S/C28H36O7/c1-6-23(32)34-15-22(31)28(35-24(33)7-2)16(3)12-20-19-9-8-17-13-18(29)10-11-26(17,4)25(19)21(30)14-27(20,28)5/h10-11,13,16,19-20,25H,6-9,12,14-15H2,1-5H3/t16-,19+,20+,25-,26+,27+,28+/m1/s1. The molecule has 0 aromatic carbocycles. The van der Waals surface area contributed by atoms with Gasteiger partial charge in [0.05, 0.1) is 0 Å². The smallest absolute Gasteiger partial charge is 0.306 e. The molecule has 0 heterocycles. The average Bonchev–Trinajstić information content (AvgIpc) is 3.04. The molecule has 0 spiro atoms. The van der Waals surface area contributed by atoms with Gasteiger partial charge in [-0.15, -0.1) is 0 Å². The summed E-state index contributed by atoms with van der Waals surface area (Å²) in [6.45, 7) is 8.69. The van der Waals surface area contributed by atoms with Crippen LogP contribution in [-0.2, 0) is 33.4 Å². The average molecular weight is 485 g/mol. The van der Waals surface area contributed by atoms with E-state index in [4.69, 9.17) is 9.47 Å². The van der Waals surface area contributed by atoms with Gasteiger partial charge in [-0.25, -0.2) is 0 Å². The first-order valence-corrected chi connectivity index (χ1v) is 12.8. The summed E-state index contributed by atoms with van der Waals surface area (Å²) < 4.78 is 11.2. The lowest BCUT2D eigenvalue weighted by Gasteiger charge is -2.57. The minimum absolute atomic E-state index is 0.00287. The summed E-state index contributed by atoms with van der Waals surface area (Å²) in [5.41, 5.74) is -1.96. The number of allylic oxidation sites excluding steroid dienone is 4. The van der Waals surface area contributed by atoms with E-state index in [1.54, 1.807) is 26.0 Å². The van der Waals surface area contributed by atoms with Gasteiger partial charge >= 0.3 is 11.9 Å². The molecule has 3 fully saturated rings. The van der Waals surface area contributed by atoms with E-state index in [-0.39, 0.29) is 54.5 Å². The molecule has 4 aliphatic rings. The van der Waals surface area contributed by atoms with Crippen LogP contribution in [0.5, 0.6) is 0 Å². The molecule has 7 atom stereocenters. The van der Waals surface area contributed by atoms with Gasteiger partial charge in [0.25, 0.3) is 0 Å². The second-order valence-electron chi connectivity index (χ2n) is 11.2. The van der Waals surface area contributed by atoms with Crippen LogP contribution in [0.4, 0.5) is 0 Å². The van der Waals surface area contributed by atoms with Crippen molar-refractivity contribution in [2.75, 3.05) is 6.61 Å². The molecule has 0 bridgehead atoms. The van der Waals surface area contributed by atoms with E-state index in [2.05, 4.69) is 0 Å². The Morgan fingerprint density at radius 2 is 1.77 bits per heavy atom. The maximum Gasteiger partial charge on any atom is 0.306 e. The number of hydrogen-bond acceptors (Lipinski definition) is 7. The van der Waals surface area contributed by atoms with Crippen LogP contribution in [0.3, 0.4) is 0 Å². The summed E-state index contributed by atoms with van der Waals surface area (Å²) in [5, 5.41) is 0. The number of carbonyl (C=O) groups is 5. The topological polar surface area (TPSA) is 104 Å². The molecule has 0 saturated heterocycles. The van der Waals surface area contributed by atoms with Gasteiger partial charge in [-0.1, -0.05) is 46.3 Å². The molecule has 0 radical (unpaired) electrons. The number of fused-ring (bicyclic) bond motifs is 5. The van der Waals surface area contributed by atoms with Crippen LogP contribution in [0.25, 0.3) is 0 Å². The summed E-state index contributed by atoms with van der Waals surface area (Å²) in [6.07, 6.45) is 7.54. The van der Waals surface area contributed by atoms with Crippen molar-refractivity contribution >= 4 is 29.3 Å². The maximum absolute atomic E-state index is 13.9. The summed E-state index contributed by atoms with van der Waals surface area (Å²) >= 11 is 0. The van der Waals surface area contributed by atoms with Crippen molar-refractivity contribution in [3.05, 3.63) is 23.8 Å². The fourth-order valence-electron chi connectivity index (χ4n) is 7.82. The van der Waals surface area contributed by atoms with Crippen LogP contribution in [0.2, 0.25) is 0 Å². The number of carbonyl (C=O) groups excluding carboxylic acids is 5. The lowest BCUT2D eigenvalue weighted by molar-refractivity contribution is -0.197. The summed E-state index contributed by atoms with van der Waals surface area (Å²) in [5.74, 6) is -2.11. The molecule has 4 aliphatic carbocycles. The molecular weight excluding hydrogens is 448 g/mol. The minimum Gasteiger partial charge on any atom is -0.457 e. The van der Waals surface area contributed by atoms with Crippen molar-refractivity contribution in [2.45, 2.75) is 78.7 Å². The largest absolute Gasteiger partial charge is 0.457 e. The monoisotopic (exact) mass is 484 g/mol. The van der Waals surface area contributed by atoms with E-state index >= 15 is 0 Å². The highest BCUT2D eigenvalue weighted by Gasteiger charge is 2.73. The molecule has 0 amide bonds. The predicted octanol–water partition coefficient (Wildman–Crippen LogP) is 3.93. The van der Waals surface area contributed by atoms with Crippen LogP contribution in [0.1, 0.15) is 73.1 Å². The predicted molar refractivity (Wildman–Crippen MR) is 127 cm³/mol. The van der Waals surface area contributed by atoms with Gasteiger partial charge in [-0.05, 0) is 43.3 Å². The lowest BCUT2D eigenvalue weighted by Crippen LogP contribution is -2.63. The first kappa shape index (κ1) is 25.5. The van der Waals surface area contributed by atoms with Crippen LogP contribution in [-0.4, -0.2) is 41.5 Å². The van der Waals surface area contributed by atoms with Crippen molar-refractivity contribution in [1.29, 1.82) is 0 Å². The van der Waals surface area contributed by atoms with Crippen LogP contribution in [0, 0.1) is 34.5 Å². The van der Waals surface area contributed by atoms with Gasteiger partial charge in [-0.3, -0.25) is 24.0 Å². The van der Waals surface area contributed by atoms with Gasteiger partial charge < -0.3 is 9.47 Å². The Hall–Kier alpha value is -2.57. The van der Waals surface area contributed by atoms with Gasteiger partial charge in [0, 0.05) is 41.9 Å². The molecule has 0 aromatic rings. The fraction of sp³-hybridized carbons (Fsp3) is 0.679. The van der Waals surface area contributed by atoms with Crippen molar-refractivity contribution in [2.24, 2.45) is 34.5 Å². The highest BCUT2D eigenvalue weighted by molar-refractivity contribution is 6.02. The summed E-state index contributed by atoms with van der Waals surface area (Å²) in [6, 6.07) is 0. The molecule has 0 unspecified atom stereocenters. The van der Waals surface area contributed by atoms with E-state index < -0.39 is 40.8 Å². The Morgan fingerprint density at radius 1 is 1.09 bits per heavy atom. The van der Waals surface area contributed by atoms with E-state index in [0.29, 0.717) is 12.8 Å². The number of hydrogen-bond donors (Lipinski definition) is 0. The maximum atomic E-state index is 13.9. The zero-order valence-electron chi connectivity index (χ0n) is 21.3. The van der Waals surface area contributed by atoms with Gasteiger partial charge in [0.15, 0.2) is 18.0 Å². The highest BCUT2D eigenvalue weighted by Crippen LogP contribution is 2.68. The van der Waals surface area contributed by atoms with E-state index in [0.717, 1.165) is 12.0 Å². The van der Waals surface area contributed by atoms with E-state index in [1.165, 1.54) is 0 Å². The molecule has 35 heavy (non-hydrogen) atoms. The molecule has 7 nitrogen and oxygen atoms in total. The van der Waals surface area contributed by atoms with Crippen molar-refractivity contribution < 1.29 is 33.4 Å². The third-order valence-corrected chi connectivity index (χ3v) is 9.43.